The molecule has 1 aliphatic rings. The van der Waals surface area contributed by atoms with E-state index in [0.29, 0.717) is 6.42 Å². The molecule has 0 saturated carbocycles. The number of hydrogen-bond acceptors (Lipinski definition) is 5. The number of carbonyl (C=O) groups is 2. The molecule has 2 amide bonds. The molecule has 174 valence electrons. The number of nitrogens with one attached hydrogen (secondary N) is 1. The Hall–Kier alpha value is -3.92. The number of halogens is 3. The number of nitrogens with zero attached hydrogens (tertiary/aromatic N) is 4. The molecule has 0 spiro atoms. The minimum absolute atomic E-state index is 0.0183. The molecular weight excluding hydrogens is 443 g/mol. The largest absolute Gasteiger partial charge is 0.573 e. The van der Waals surface area contributed by atoms with Crippen LogP contribution in [0.2, 0.25) is 0 Å². The summed E-state index contributed by atoms with van der Waals surface area (Å²) in [5, 5.41) is 6.01. The van der Waals surface area contributed by atoms with Gasteiger partial charge in [-0.25, -0.2) is 4.79 Å². The van der Waals surface area contributed by atoms with Gasteiger partial charge >= 0.3 is 12.5 Å². The van der Waals surface area contributed by atoms with Gasteiger partial charge < -0.3 is 14.8 Å². The molecule has 2 aromatic rings. The van der Waals surface area contributed by atoms with Gasteiger partial charge in [0.05, 0.1) is 0 Å². The zero-order valence-corrected chi connectivity index (χ0v) is 17.2. The summed E-state index contributed by atoms with van der Waals surface area (Å²) in [5.74, 6) is -1.11. The van der Waals surface area contributed by atoms with Crippen LogP contribution in [0.15, 0.2) is 59.7 Å². The third-order valence-corrected chi connectivity index (χ3v) is 4.91. The van der Waals surface area contributed by atoms with Crippen LogP contribution in [0.4, 0.5) is 23.7 Å². The van der Waals surface area contributed by atoms with Gasteiger partial charge in [0.25, 0.3) is 0 Å². The number of azide groups is 1. The van der Waals surface area contributed by atoms with Gasteiger partial charge in [0.1, 0.15) is 18.4 Å². The van der Waals surface area contributed by atoms with Crippen LogP contribution < -0.4 is 10.1 Å². The fourth-order valence-electron chi connectivity index (χ4n) is 3.52. The summed E-state index contributed by atoms with van der Waals surface area (Å²) in [7, 11) is 0. The van der Waals surface area contributed by atoms with E-state index in [-0.39, 0.29) is 25.3 Å². The number of carbonyl (C=O) groups excluding carboxylic acids is 2. The summed E-state index contributed by atoms with van der Waals surface area (Å²) in [6.45, 7) is -0.0643. The monoisotopic (exact) mass is 463 g/mol. The molecule has 0 bridgehead atoms. The Morgan fingerprint density at radius 2 is 1.91 bits per heavy atom. The van der Waals surface area contributed by atoms with E-state index in [1.807, 2.05) is 6.07 Å². The van der Waals surface area contributed by atoms with Gasteiger partial charge in [-0.15, -0.1) is 13.2 Å². The fraction of sp³-hybridized carbons (Fsp3) is 0.333. The Labute approximate surface area is 186 Å². The van der Waals surface area contributed by atoms with Gasteiger partial charge in [0.15, 0.2) is 0 Å². The van der Waals surface area contributed by atoms with E-state index in [1.54, 1.807) is 24.3 Å². The molecular formula is C21H20F3N5O4. The van der Waals surface area contributed by atoms with Crippen LogP contribution in [0.1, 0.15) is 18.4 Å². The third-order valence-electron chi connectivity index (χ3n) is 4.91. The smallest absolute Gasteiger partial charge is 0.445 e. The standard InChI is InChI=1S/C21H20F3N5O4/c22-21(23,24)33-17-8-4-7-15(11-17)27-19(30)18-10-9-16(12-26-28-25)29(18)20(31)32-13-14-5-2-1-3-6-14/h1-8,11,16,18H,9-10,12-13H2,(H,27,30)/t16-,18+/m1/s1. The molecule has 1 aliphatic heterocycles. The van der Waals surface area contributed by atoms with Crippen molar-refractivity contribution >= 4 is 17.7 Å². The molecule has 3 rings (SSSR count). The fourth-order valence-corrected chi connectivity index (χ4v) is 3.52. The number of alkyl halides is 3. The molecule has 1 saturated heterocycles. The van der Waals surface area contributed by atoms with E-state index in [2.05, 4.69) is 20.1 Å². The van der Waals surface area contributed by atoms with Crippen LogP contribution in [0.3, 0.4) is 0 Å². The lowest BCUT2D eigenvalue weighted by molar-refractivity contribution is -0.274. The molecule has 9 nitrogen and oxygen atoms in total. The lowest BCUT2D eigenvalue weighted by atomic mass is 10.2. The number of benzene rings is 2. The number of likely N-dealkylation sites (tertiary alicyclic amines) is 1. The van der Waals surface area contributed by atoms with Crippen LogP contribution >= 0.6 is 0 Å². The number of ether oxygens (including phenoxy) is 2. The highest BCUT2D eigenvalue weighted by atomic mass is 19.4. The highest BCUT2D eigenvalue weighted by Gasteiger charge is 2.41. The van der Waals surface area contributed by atoms with E-state index < -0.39 is 36.2 Å². The Kier molecular flexibility index (Phi) is 7.62. The summed E-state index contributed by atoms with van der Waals surface area (Å²) in [6.07, 6.45) is -4.99. The minimum Gasteiger partial charge on any atom is -0.445 e. The van der Waals surface area contributed by atoms with Crippen LogP contribution in [-0.2, 0) is 16.1 Å². The van der Waals surface area contributed by atoms with Crippen molar-refractivity contribution in [2.75, 3.05) is 11.9 Å². The Balaban J connectivity index is 1.72. The van der Waals surface area contributed by atoms with Crippen LogP contribution in [0.5, 0.6) is 5.75 Å². The molecule has 33 heavy (non-hydrogen) atoms. The SMILES string of the molecule is [N-]=[N+]=NC[C@H]1CC[C@@H](C(=O)Nc2cccc(OC(F)(F)F)c2)N1C(=O)OCc1ccccc1. The number of hydrogen-bond donors (Lipinski definition) is 1. The van der Waals surface area contributed by atoms with Crippen molar-refractivity contribution < 1.29 is 32.2 Å². The summed E-state index contributed by atoms with van der Waals surface area (Å²) >= 11 is 0. The average Bonchev–Trinajstić information content (AvgIpc) is 3.20. The molecule has 1 N–H and O–H groups in total. The van der Waals surface area contributed by atoms with Gasteiger partial charge in [-0.05, 0) is 36.1 Å². The first kappa shape index (κ1) is 23.7. The third kappa shape index (κ3) is 6.78. The zero-order chi connectivity index (χ0) is 23.8. The Morgan fingerprint density at radius 3 is 2.61 bits per heavy atom. The van der Waals surface area contributed by atoms with Gasteiger partial charge in [0.2, 0.25) is 5.91 Å². The number of rotatable bonds is 7. The molecule has 2 aromatic carbocycles. The van der Waals surface area contributed by atoms with E-state index in [9.17, 15) is 22.8 Å². The molecule has 0 aliphatic carbocycles. The van der Waals surface area contributed by atoms with Crippen molar-refractivity contribution in [2.24, 2.45) is 5.11 Å². The number of anilines is 1. The van der Waals surface area contributed by atoms with E-state index in [1.165, 1.54) is 17.0 Å². The minimum atomic E-state index is -4.87. The normalized spacial score (nSPS) is 17.7. The first-order chi connectivity index (χ1) is 15.8. The van der Waals surface area contributed by atoms with Gasteiger partial charge in [-0.3, -0.25) is 9.69 Å². The zero-order valence-electron chi connectivity index (χ0n) is 17.2. The molecule has 0 aromatic heterocycles. The summed E-state index contributed by atoms with van der Waals surface area (Å²) in [5.41, 5.74) is 9.45. The second kappa shape index (κ2) is 10.6. The lowest BCUT2D eigenvalue weighted by Crippen LogP contribution is -2.48. The van der Waals surface area contributed by atoms with Gasteiger partial charge in [0, 0.05) is 29.3 Å². The Bertz CT molecular complexity index is 1030. The topological polar surface area (TPSA) is 117 Å². The van der Waals surface area contributed by atoms with E-state index >= 15 is 0 Å². The molecule has 12 heteroatoms. The predicted octanol–water partition coefficient (Wildman–Crippen LogP) is 5.00. The highest BCUT2D eigenvalue weighted by Crippen LogP contribution is 2.29. The maximum Gasteiger partial charge on any atom is 0.573 e. The van der Waals surface area contributed by atoms with Crippen molar-refractivity contribution in [1.29, 1.82) is 0 Å². The maximum atomic E-state index is 12.9. The first-order valence-electron chi connectivity index (χ1n) is 9.93. The van der Waals surface area contributed by atoms with Gasteiger partial charge in [-0.2, -0.15) is 0 Å². The lowest BCUT2D eigenvalue weighted by Gasteiger charge is -2.28. The van der Waals surface area contributed by atoms with Crippen molar-refractivity contribution in [2.45, 2.75) is 37.9 Å². The molecule has 1 heterocycles. The Morgan fingerprint density at radius 1 is 1.15 bits per heavy atom. The highest BCUT2D eigenvalue weighted by molar-refractivity contribution is 5.97. The summed E-state index contributed by atoms with van der Waals surface area (Å²) < 4.78 is 46.6. The van der Waals surface area contributed by atoms with Crippen molar-refractivity contribution in [1.82, 2.24) is 4.90 Å². The van der Waals surface area contributed by atoms with E-state index in [4.69, 9.17) is 10.3 Å². The quantitative estimate of drug-likeness (QED) is 0.353. The van der Waals surface area contributed by atoms with Crippen LogP contribution in [-0.4, -0.2) is 41.9 Å². The number of amides is 2. The van der Waals surface area contributed by atoms with Crippen molar-refractivity contribution in [3.8, 4) is 5.75 Å². The molecule has 0 radical (unpaired) electrons. The second-order valence-electron chi connectivity index (χ2n) is 7.17. The molecule has 2 atom stereocenters. The molecule has 1 fully saturated rings. The van der Waals surface area contributed by atoms with Crippen molar-refractivity contribution in [3.63, 3.8) is 0 Å². The van der Waals surface area contributed by atoms with Crippen molar-refractivity contribution in [3.05, 3.63) is 70.6 Å². The van der Waals surface area contributed by atoms with E-state index in [0.717, 1.165) is 17.7 Å². The summed E-state index contributed by atoms with van der Waals surface area (Å²) in [6, 6.07) is 12.2. The predicted molar refractivity (Wildman–Crippen MR) is 111 cm³/mol. The van der Waals surface area contributed by atoms with Gasteiger partial charge in [-0.1, -0.05) is 41.5 Å². The maximum absolute atomic E-state index is 12.9. The second-order valence-corrected chi connectivity index (χ2v) is 7.17. The first-order valence-corrected chi connectivity index (χ1v) is 9.93. The van der Waals surface area contributed by atoms with Crippen LogP contribution in [0, 0.1) is 0 Å². The van der Waals surface area contributed by atoms with Crippen LogP contribution in [0.25, 0.3) is 10.4 Å². The molecule has 0 unspecified atom stereocenters. The summed E-state index contributed by atoms with van der Waals surface area (Å²) in [4.78, 5) is 29.6. The average molecular weight is 463 g/mol.